The van der Waals surface area contributed by atoms with Gasteiger partial charge in [0.05, 0.1) is 56.2 Å². The molecule has 15 heteroatoms. The molecule has 2 aliphatic heterocycles. The molecule has 2 aliphatic rings. The number of rotatable bonds is 12. The Morgan fingerprint density at radius 2 is 1.87 bits per heavy atom. The molecule has 2 unspecified atom stereocenters. The largest absolute Gasteiger partial charge is 0.462 e. The van der Waals surface area contributed by atoms with Crippen LogP contribution in [0.4, 0.5) is 0 Å². The van der Waals surface area contributed by atoms with Crippen molar-refractivity contribution >= 4 is 23.1 Å². The van der Waals surface area contributed by atoms with Crippen LogP contribution in [-0.2, 0) is 30.3 Å². The van der Waals surface area contributed by atoms with E-state index in [1.54, 1.807) is 61.0 Å². The molecule has 4 heterocycles. The molecule has 1 saturated heterocycles. The number of ether oxygens (including phenoxy) is 3. The molecule has 0 bridgehead atoms. The summed E-state index contributed by atoms with van der Waals surface area (Å²) in [4.78, 5) is 28.6. The average Bonchev–Trinajstić information content (AvgIpc) is 3.84. The number of carbonyl (C=O) groups excluding carboxylic acids is 2. The highest BCUT2D eigenvalue weighted by Crippen LogP contribution is 2.34. The van der Waals surface area contributed by atoms with Crippen molar-refractivity contribution in [1.82, 2.24) is 25.2 Å². The summed E-state index contributed by atoms with van der Waals surface area (Å²) < 4.78 is 20.3. The van der Waals surface area contributed by atoms with Crippen LogP contribution in [0.25, 0.3) is 11.3 Å². The number of aliphatic hydroxyl groups excluding tert-OH is 4. The molecule has 0 aromatic carbocycles. The van der Waals surface area contributed by atoms with E-state index >= 15 is 0 Å². The van der Waals surface area contributed by atoms with E-state index in [0.29, 0.717) is 38.9 Å². The molecule has 0 radical (unpaired) electrons. The third-order valence-corrected chi connectivity index (χ3v) is 11.4. The number of allylic oxidation sites excluding steroid dienone is 3. The van der Waals surface area contributed by atoms with Gasteiger partial charge in [-0.2, -0.15) is 11.3 Å². The Bertz CT molecular complexity index is 1520. The van der Waals surface area contributed by atoms with Gasteiger partial charge >= 0.3 is 5.97 Å². The van der Waals surface area contributed by atoms with Gasteiger partial charge in [-0.3, -0.25) is 14.3 Å². The van der Waals surface area contributed by atoms with E-state index in [-0.39, 0.29) is 24.7 Å². The van der Waals surface area contributed by atoms with E-state index in [4.69, 9.17) is 14.2 Å². The normalized spacial score (nSPS) is 35.1. The van der Waals surface area contributed by atoms with E-state index in [0.717, 1.165) is 16.8 Å². The van der Waals surface area contributed by atoms with Crippen molar-refractivity contribution in [3.05, 3.63) is 46.8 Å². The van der Waals surface area contributed by atoms with Crippen LogP contribution < -0.4 is 5.32 Å². The predicted molar refractivity (Wildman–Crippen MR) is 205 cm³/mol. The fourth-order valence-electron chi connectivity index (χ4n) is 7.41. The fourth-order valence-corrected chi connectivity index (χ4v) is 8.06. The van der Waals surface area contributed by atoms with E-state index in [2.05, 4.69) is 15.6 Å². The second-order valence-corrected chi connectivity index (χ2v) is 15.9. The highest BCUT2D eigenvalue weighted by molar-refractivity contribution is 7.08. The lowest BCUT2D eigenvalue weighted by Gasteiger charge is -2.46. The molecule has 302 valence electrons. The number of esters is 1. The van der Waals surface area contributed by atoms with Crippen molar-refractivity contribution in [2.45, 2.75) is 116 Å². The summed E-state index contributed by atoms with van der Waals surface area (Å²) in [6, 6.07) is 1.31. The SMILES string of the molecule is CC[C@H]1OC(=O)C[C@@H](O)[C@H](C)[C@@H](O[C@@H]2O[C@H](C)[C@@H](O)C(N(C)C)C2O)[C@@H](CCNCCn2cc(-c3ccsc3)nn2)C[C@@H](C)C(=O)/C=C/C(C)=C/[C@@H]1CO. The Hall–Kier alpha value is -2.86. The Kier molecular flexibility index (Phi) is 17.0. The van der Waals surface area contributed by atoms with Crippen molar-refractivity contribution < 1.29 is 44.2 Å². The predicted octanol–water partition coefficient (Wildman–Crippen LogP) is 2.81. The van der Waals surface area contributed by atoms with E-state index in [1.807, 2.05) is 43.8 Å². The van der Waals surface area contributed by atoms with Crippen LogP contribution in [0, 0.1) is 23.7 Å². The smallest absolute Gasteiger partial charge is 0.308 e. The Labute approximate surface area is 323 Å². The molecular formula is C39H61N5O9S. The third kappa shape index (κ3) is 11.8. The topological polar surface area (TPSA) is 189 Å². The number of aliphatic hydroxyl groups is 4. The molecule has 4 rings (SSSR count). The fraction of sp³-hybridized carbons (Fsp3) is 0.692. The summed E-state index contributed by atoms with van der Waals surface area (Å²) in [6.07, 6.45) is 1.29. The number of hydrogen-bond donors (Lipinski definition) is 5. The summed E-state index contributed by atoms with van der Waals surface area (Å²) in [5, 5.41) is 60.1. The Balaban J connectivity index is 1.61. The minimum atomic E-state index is -1.24. The van der Waals surface area contributed by atoms with E-state index < -0.39 is 72.7 Å². The average molecular weight is 776 g/mol. The maximum absolute atomic E-state index is 13.6. The maximum Gasteiger partial charge on any atom is 0.308 e. The minimum Gasteiger partial charge on any atom is -0.462 e. The van der Waals surface area contributed by atoms with Crippen LogP contribution in [-0.4, -0.2) is 135 Å². The van der Waals surface area contributed by atoms with Gasteiger partial charge in [0, 0.05) is 35.2 Å². The summed E-state index contributed by atoms with van der Waals surface area (Å²) in [6.45, 7) is 10.5. The first-order chi connectivity index (χ1) is 25.7. The molecule has 2 aromatic heterocycles. The van der Waals surface area contributed by atoms with Crippen molar-refractivity contribution in [2.24, 2.45) is 23.7 Å². The Morgan fingerprint density at radius 3 is 2.54 bits per heavy atom. The molecule has 12 atom stereocenters. The van der Waals surface area contributed by atoms with Crippen LogP contribution in [0.5, 0.6) is 0 Å². The molecule has 0 saturated carbocycles. The van der Waals surface area contributed by atoms with Gasteiger partial charge in [-0.1, -0.05) is 43.7 Å². The zero-order chi connectivity index (χ0) is 39.5. The first kappa shape index (κ1) is 43.9. The highest BCUT2D eigenvalue weighted by Gasteiger charge is 2.47. The number of likely N-dealkylation sites (N-methyl/N-ethyl adjacent to an activating group) is 1. The number of hydrogen-bond acceptors (Lipinski definition) is 14. The van der Waals surface area contributed by atoms with Crippen LogP contribution in [0.3, 0.4) is 0 Å². The lowest BCUT2D eigenvalue weighted by molar-refractivity contribution is -0.304. The van der Waals surface area contributed by atoms with Crippen LogP contribution >= 0.6 is 11.3 Å². The van der Waals surface area contributed by atoms with Crippen molar-refractivity contribution in [2.75, 3.05) is 33.8 Å². The summed E-state index contributed by atoms with van der Waals surface area (Å²) in [7, 11) is 3.52. The highest BCUT2D eigenvalue weighted by atomic mass is 32.1. The molecule has 2 aromatic rings. The number of nitrogens with zero attached hydrogens (tertiary/aromatic N) is 4. The zero-order valence-electron chi connectivity index (χ0n) is 32.7. The van der Waals surface area contributed by atoms with Gasteiger partial charge in [0.25, 0.3) is 0 Å². The lowest BCUT2D eigenvalue weighted by atomic mass is 9.79. The summed E-state index contributed by atoms with van der Waals surface area (Å²) in [5.41, 5.74) is 2.57. The third-order valence-electron chi connectivity index (χ3n) is 10.7. The molecule has 14 nitrogen and oxygen atoms in total. The summed E-state index contributed by atoms with van der Waals surface area (Å²) in [5.74, 6) is -2.66. The van der Waals surface area contributed by atoms with Gasteiger partial charge in [0.1, 0.15) is 17.9 Å². The number of carbonyl (C=O) groups is 2. The van der Waals surface area contributed by atoms with Crippen molar-refractivity contribution in [3.63, 3.8) is 0 Å². The van der Waals surface area contributed by atoms with E-state index in [9.17, 15) is 30.0 Å². The molecule has 1 fully saturated rings. The number of aromatic nitrogens is 3. The van der Waals surface area contributed by atoms with Crippen LogP contribution in [0.2, 0.25) is 0 Å². The zero-order valence-corrected chi connectivity index (χ0v) is 33.5. The van der Waals surface area contributed by atoms with Gasteiger partial charge in [-0.05, 0) is 77.2 Å². The van der Waals surface area contributed by atoms with Crippen molar-refractivity contribution in [3.8, 4) is 11.3 Å². The van der Waals surface area contributed by atoms with Gasteiger partial charge in [0.15, 0.2) is 12.1 Å². The summed E-state index contributed by atoms with van der Waals surface area (Å²) >= 11 is 1.60. The number of ketones is 1. The van der Waals surface area contributed by atoms with Gasteiger partial charge in [-0.15, -0.1) is 5.10 Å². The quantitative estimate of drug-likeness (QED) is 0.157. The van der Waals surface area contributed by atoms with Gasteiger partial charge in [0.2, 0.25) is 0 Å². The van der Waals surface area contributed by atoms with Crippen LogP contribution in [0.15, 0.2) is 46.8 Å². The molecule has 0 amide bonds. The van der Waals surface area contributed by atoms with E-state index in [1.165, 1.54) is 6.08 Å². The molecule has 0 aliphatic carbocycles. The minimum absolute atomic E-state index is 0.0928. The second kappa shape index (κ2) is 20.9. The first-order valence-electron chi connectivity index (χ1n) is 19.1. The lowest BCUT2D eigenvalue weighted by Crippen LogP contribution is -2.63. The van der Waals surface area contributed by atoms with Crippen LogP contribution in [0.1, 0.15) is 60.3 Å². The maximum atomic E-state index is 13.6. The first-order valence-corrected chi connectivity index (χ1v) is 20.0. The molecular weight excluding hydrogens is 715 g/mol. The molecule has 0 spiro atoms. The number of nitrogens with one attached hydrogen (secondary N) is 1. The Morgan fingerprint density at radius 1 is 1.11 bits per heavy atom. The van der Waals surface area contributed by atoms with Crippen molar-refractivity contribution in [1.29, 1.82) is 0 Å². The monoisotopic (exact) mass is 775 g/mol. The molecule has 5 N–H and O–H groups in total. The number of cyclic esters (lactones) is 1. The second-order valence-electron chi connectivity index (χ2n) is 15.1. The molecule has 54 heavy (non-hydrogen) atoms. The standard InChI is InChI=1S/C39H61N5O9S/c1-8-33-29(21-45)17-23(2)9-10-31(46)24(3)18-27(11-13-40-14-15-44-20-30(41-42-44)28-12-16-54-22-28)38(25(4)32(47)19-34(48)52-33)53-39-37(50)35(43(6)7)36(49)26(5)51-39/h9-10,12,16-17,20,22,24-27,29,32-33,35-40,45,47,49-50H,8,11,13-15,18-19,21H2,1-7H3/b10-9+,23-17+/t24-,25+,26-,27+,29-,32-,33-,35?,36-,37?,38-,39+/m1/s1. The van der Waals surface area contributed by atoms with Gasteiger partial charge < -0.3 is 44.9 Å². The van der Waals surface area contributed by atoms with Gasteiger partial charge in [-0.25, -0.2) is 0 Å². The number of thiophene rings is 1.